The zero-order valence-electron chi connectivity index (χ0n) is 18.6. The third kappa shape index (κ3) is 5.71. The molecule has 3 heterocycles. The predicted octanol–water partition coefficient (Wildman–Crippen LogP) is 3.40. The molecule has 6 heteroatoms. The van der Waals surface area contributed by atoms with Crippen LogP contribution in [0.1, 0.15) is 11.1 Å². The van der Waals surface area contributed by atoms with Crippen LogP contribution in [-0.2, 0) is 22.4 Å². The van der Waals surface area contributed by atoms with Gasteiger partial charge < -0.3 is 9.80 Å². The lowest BCUT2D eigenvalue weighted by molar-refractivity contribution is -0.134. The van der Waals surface area contributed by atoms with Gasteiger partial charge in [0.1, 0.15) is 0 Å². The van der Waals surface area contributed by atoms with Crippen LogP contribution >= 0.6 is 0 Å². The first kappa shape index (κ1) is 22.4. The summed E-state index contributed by atoms with van der Waals surface area (Å²) in [5.41, 5.74) is 4.09. The van der Waals surface area contributed by atoms with Gasteiger partial charge in [-0.1, -0.05) is 42.5 Å². The van der Waals surface area contributed by atoms with E-state index in [4.69, 9.17) is 0 Å². The summed E-state index contributed by atoms with van der Waals surface area (Å²) in [4.78, 5) is 38.2. The van der Waals surface area contributed by atoms with E-state index < -0.39 is 0 Å². The van der Waals surface area contributed by atoms with Crippen LogP contribution < -0.4 is 0 Å². The molecule has 1 atom stereocenters. The van der Waals surface area contributed by atoms with Gasteiger partial charge in [-0.05, 0) is 40.8 Å². The number of carbonyl (C=O) groups excluding carboxylic acids is 2. The molecule has 1 aromatic carbocycles. The van der Waals surface area contributed by atoms with Crippen LogP contribution in [0.5, 0.6) is 0 Å². The van der Waals surface area contributed by atoms with Crippen molar-refractivity contribution in [1.82, 2.24) is 19.8 Å². The van der Waals surface area contributed by atoms with Crippen molar-refractivity contribution in [2.24, 2.45) is 5.92 Å². The van der Waals surface area contributed by atoms with Gasteiger partial charge in [0.05, 0.1) is 12.3 Å². The first-order valence-electron chi connectivity index (χ1n) is 11.2. The van der Waals surface area contributed by atoms with Gasteiger partial charge in [0.25, 0.3) is 0 Å². The maximum atomic E-state index is 13.3. The minimum atomic E-state index is -0.297. The summed E-state index contributed by atoms with van der Waals surface area (Å²) in [5.74, 6) is -0.203. The Balaban J connectivity index is 1.50. The fraction of sp³-hybridized carbons (Fsp3) is 0.259. The van der Waals surface area contributed by atoms with Crippen LogP contribution in [0.4, 0.5) is 0 Å². The number of hydrogen-bond donors (Lipinski definition) is 0. The Morgan fingerprint density at radius 3 is 2.39 bits per heavy atom. The molecule has 168 valence electrons. The van der Waals surface area contributed by atoms with Gasteiger partial charge in [-0.25, -0.2) is 0 Å². The van der Waals surface area contributed by atoms with Crippen molar-refractivity contribution in [1.29, 1.82) is 0 Å². The van der Waals surface area contributed by atoms with Crippen molar-refractivity contribution in [3.63, 3.8) is 0 Å². The quantitative estimate of drug-likeness (QED) is 0.528. The van der Waals surface area contributed by atoms with E-state index in [1.807, 2.05) is 35.4 Å². The number of pyridine rings is 2. The highest BCUT2D eigenvalue weighted by Gasteiger charge is 2.31. The number of hydrogen-bond acceptors (Lipinski definition) is 4. The first-order chi connectivity index (χ1) is 16.1. The molecule has 1 aliphatic rings. The molecule has 6 nitrogen and oxygen atoms in total. The zero-order valence-corrected chi connectivity index (χ0v) is 18.6. The maximum Gasteiger partial charge on any atom is 0.228 e. The smallest absolute Gasteiger partial charge is 0.228 e. The second-order valence-corrected chi connectivity index (χ2v) is 8.29. The maximum absolute atomic E-state index is 13.3. The highest BCUT2D eigenvalue weighted by molar-refractivity contribution is 5.83. The van der Waals surface area contributed by atoms with Crippen LogP contribution in [0, 0.1) is 5.92 Å². The molecular formula is C27H28N4O2. The lowest BCUT2D eigenvalue weighted by atomic mass is 9.95. The summed E-state index contributed by atoms with van der Waals surface area (Å²) >= 11 is 0. The van der Waals surface area contributed by atoms with E-state index >= 15 is 0 Å². The molecular weight excluding hydrogens is 412 g/mol. The molecule has 1 unspecified atom stereocenters. The Hall–Kier alpha value is -3.80. The van der Waals surface area contributed by atoms with E-state index in [1.54, 1.807) is 29.6 Å². The largest absolute Gasteiger partial charge is 0.340 e. The molecule has 1 saturated heterocycles. The van der Waals surface area contributed by atoms with Crippen molar-refractivity contribution >= 4 is 11.8 Å². The highest BCUT2D eigenvalue weighted by Crippen LogP contribution is 2.22. The topological polar surface area (TPSA) is 66.4 Å². The Labute approximate surface area is 194 Å². The van der Waals surface area contributed by atoms with Crippen LogP contribution in [0.3, 0.4) is 0 Å². The summed E-state index contributed by atoms with van der Waals surface area (Å²) in [6, 6.07) is 15.9. The van der Waals surface area contributed by atoms with Crippen molar-refractivity contribution in [3.05, 3.63) is 97.1 Å². The molecule has 3 aromatic rings. The van der Waals surface area contributed by atoms with Gasteiger partial charge in [-0.2, -0.15) is 0 Å². The number of rotatable bonds is 7. The predicted molar refractivity (Wildman–Crippen MR) is 128 cm³/mol. The van der Waals surface area contributed by atoms with Crippen LogP contribution in [0.15, 0.2) is 86.0 Å². The molecule has 0 saturated carbocycles. The van der Waals surface area contributed by atoms with Crippen molar-refractivity contribution < 1.29 is 9.59 Å². The van der Waals surface area contributed by atoms with Crippen LogP contribution in [0.25, 0.3) is 11.1 Å². The highest BCUT2D eigenvalue weighted by atomic mass is 16.2. The average Bonchev–Trinajstić information content (AvgIpc) is 3.00. The molecule has 0 spiro atoms. The number of nitrogens with zero attached hydrogens (tertiary/aromatic N) is 4. The van der Waals surface area contributed by atoms with Gasteiger partial charge in [-0.15, -0.1) is 6.58 Å². The Kier molecular flexibility index (Phi) is 7.25. The zero-order chi connectivity index (χ0) is 23.0. The monoisotopic (exact) mass is 440 g/mol. The molecule has 2 amide bonds. The van der Waals surface area contributed by atoms with Crippen molar-refractivity contribution in [3.8, 4) is 11.1 Å². The first-order valence-corrected chi connectivity index (χ1v) is 11.2. The second kappa shape index (κ2) is 10.7. The molecule has 1 fully saturated rings. The molecule has 0 aliphatic carbocycles. The lowest BCUT2D eigenvalue weighted by Gasteiger charge is -2.24. The standard InChI is InChI=1S/C27H28N4O2/c1-2-13-30-14-15-31(26(32)17-22-5-3-11-28-18-22)20-25(27(30)33)16-21-7-9-23(10-8-21)24-6-4-12-29-19-24/h2-12,18-19,25H,1,13-17,20H2. The Morgan fingerprint density at radius 1 is 0.970 bits per heavy atom. The molecule has 0 N–H and O–H groups in total. The van der Waals surface area contributed by atoms with E-state index in [9.17, 15) is 9.59 Å². The summed E-state index contributed by atoms with van der Waals surface area (Å²) in [6.45, 7) is 5.73. The van der Waals surface area contributed by atoms with Gasteiger partial charge in [0.2, 0.25) is 11.8 Å². The SMILES string of the molecule is C=CCN1CCN(C(=O)Cc2cccnc2)CC(Cc2ccc(-c3cccnc3)cc2)C1=O. The van der Waals surface area contributed by atoms with Crippen LogP contribution in [-0.4, -0.2) is 57.8 Å². The van der Waals surface area contributed by atoms with E-state index in [1.165, 1.54) is 0 Å². The van der Waals surface area contributed by atoms with E-state index in [0.29, 0.717) is 32.6 Å². The summed E-state index contributed by atoms with van der Waals surface area (Å²) in [5, 5.41) is 0. The number of carbonyl (C=O) groups is 2. The summed E-state index contributed by atoms with van der Waals surface area (Å²) in [6.07, 6.45) is 9.61. The molecule has 33 heavy (non-hydrogen) atoms. The minimum absolute atomic E-state index is 0.0215. The van der Waals surface area contributed by atoms with Gasteiger partial charge in [0, 0.05) is 51.0 Å². The van der Waals surface area contributed by atoms with Gasteiger partial charge in [0.15, 0.2) is 0 Å². The Bertz CT molecular complexity index is 1080. The van der Waals surface area contributed by atoms with Crippen LogP contribution in [0.2, 0.25) is 0 Å². The second-order valence-electron chi connectivity index (χ2n) is 8.29. The van der Waals surface area contributed by atoms with Crippen molar-refractivity contribution in [2.75, 3.05) is 26.2 Å². The molecule has 4 rings (SSSR count). The van der Waals surface area contributed by atoms with E-state index in [0.717, 1.165) is 22.3 Å². The summed E-state index contributed by atoms with van der Waals surface area (Å²) in [7, 11) is 0. The van der Waals surface area contributed by atoms with Gasteiger partial charge in [-0.3, -0.25) is 19.6 Å². The lowest BCUT2D eigenvalue weighted by Crippen LogP contribution is -2.38. The average molecular weight is 441 g/mol. The molecule has 2 aromatic heterocycles. The number of benzene rings is 1. The summed E-state index contributed by atoms with van der Waals surface area (Å²) < 4.78 is 0. The third-order valence-corrected chi connectivity index (χ3v) is 5.95. The van der Waals surface area contributed by atoms with E-state index in [2.05, 4.69) is 40.8 Å². The molecule has 1 aliphatic heterocycles. The fourth-order valence-corrected chi connectivity index (χ4v) is 4.20. The van der Waals surface area contributed by atoms with Crippen molar-refractivity contribution in [2.45, 2.75) is 12.8 Å². The normalized spacial score (nSPS) is 16.4. The fourth-order valence-electron chi connectivity index (χ4n) is 4.20. The van der Waals surface area contributed by atoms with Gasteiger partial charge >= 0.3 is 0 Å². The molecule has 0 bridgehead atoms. The number of amides is 2. The van der Waals surface area contributed by atoms with E-state index in [-0.39, 0.29) is 24.2 Å². The minimum Gasteiger partial charge on any atom is -0.340 e. The molecule has 0 radical (unpaired) electrons. The third-order valence-electron chi connectivity index (χ3n) is 5.95. The Morgan fingerprint density at radius 2 is 1.73 bits per heavy atom. The number of aromatic nitrogens is 2.